The second-order valence-corrected chi connectivity index (χ2v) is 4.75. The number of amides is 1. The summed E-state index contributed by atoms with van der Waals surface area (Å²) in [4.78, 5) is 12.8. The number of carbonyl (C=O) groups is 1. The maximum Gasteiger partial charge on any atom is 0.229 e. The molecule has 3 N–H and O–H groups in total. The predicted octanol–water partition coefficient (Wildman–Crippen LogP) is 2.38. The lowest BCUT2D eigenvalue weighted by atomic mass is 10.1. The quantitative estimate of drug-likeness (QED) is 0.828. The SMILES string of the molecule is N#Cc1cc(N)ccc1NC(=O)Cc1cccs1. The lowest BCUT2D eigenvalue weighted by molar-refractivity contribution is -0.115. The molecule has 0 atom stereocenters. The normalized spacial score (nSPS) is 9.72. The van der Waals surface area contributed by atoms with Gasteiger partial charge in [0.05, 0.1) is 17.7 Å². The number of thiophene rings is 1. The summed E-state index contributed by atoms with van der Waals surface area (Å²) in [6, 6.07) is 10.6. The van der Waals surface area contributed by atoms with Gasteiger partial charge in [0.1, 0.15) is 6.07 Å². The minimum absolute atomic E-state index is 0.140. The van der Waals surface area contributed by atoms with Gasteiger partial charge in [-0.05, 0) is 29.6 Å². The minimum Gasteiger partial charge on any atom is -0.399 e. The molecule has 4 nitrogen and oxygen atoms in total. The van der Waals surface area contributed by atoms with E-state index in [1.54, 1.807) is 18.2 Å². The summed E-state index contributed by atoms with van der Waals surface area (Å²) in [5.41, 5.74) is 6.95. The van der Waals surface area contributed by atoms with Crippen molar-refractivity contribution in [3.05, 3.63) is 46.2 Å². The molecule has 0 fully saturated rings. The summed E-state index contributed by atoms with van der Waals surface area (Å²) in [5, 5.41) is 13.6. The van der Waals surface area contributed by atoms with Crippen LogP contribution in [0.1, 0.15) is 10.4 Å². The number of nitrogens with zero attached hydrogens (tertiary/aromatic N) is 1. The van der Waals surface area contributed by atoms with Crippen LogP contribution in [0.5, 0.6) is 0 Å². The van der Waals surface area contributed by atoms with E-state index in [-0.39, 0.29) is 5.91 Å². The van der Waals surface area contributed by atoms with Gasteiger partial charge in [0.25, 0.3) is 0 Å². The van der Waals surface area contributed by atoms with Crippen LogP contribution in [0.15, 0.2) is 35.7 Å². The van der Waals surface area contributed by atoms with Gasteiger partial charge < -0.3 is 11.1 Å². The number of nitrogens with two attached hydrogens (primary N) is 1. The van der Waals surface area contributed by atoms with Gasteiger partial charge in [-0.1, -0.05) is 6.07 Å². The maximum atomic E-state index is 11.8. The number of nitrogens with one attached hydrogen (secondary N) is 1. The number of nitriles is 1. The molecule has 2 rings (SSSR count). The summed E-state index contributed by atoms with van der Waals surface area (Å²) in [5.74, 6) is -0.140. The molecule has 0 aliphatic rings. The summed E-state index contributed by atoms with van der Waals surface area (Å²) in [6.07, 6.45) is 0.312. The van der Waals surface area contributed by atoms with Gasteiger partial charge in [-0.2, -0.15) is 5.26 Å². The third-order valence-electron chi connectivity index (χ3n) is 2.35. The van der Waals surface area contributed by atoms with Crippen molar-refractivity contribution in [1.82, 2.24) is 0 Å². The van der Waals surface area contributed by atoms with Crippen LogP contribution in [0.4, 0.5) is 11.4 Å². The fourth-order valence-electron chi connectivity index (χ4n) is 1.53. The average molecular weight is 257 g/mol. The van der Waals surface area contributed by atoms with Crippen LogP contribution in [-0.2, 0) is 11.2 Å². The van der Waals surface area contributed by atoms with Gasteiger partial charge in [-0.3, -0.25) is 4.79 Å². The lowest BCUT2D eigenvalue weighted by Gasteiger charge is -2.06. The number of anilines is 2. The zero-order chi connectivity index (χ0) is 13.0. The van der Waals surface area contributed by atoms with Crippen LogP contribution < -0.4 is 11.1 Å². The van der Waals surface area contributed by atoms with Crippen LogP contribution in [0.3, 0.4) is 0 Å². The zero-order valence-corrected chi connectivity index (χ0v) is 10.3. The smallest absolute Gasteiger partial charge is 0.229 e. The van der Waals surface area contributed by atoms with Crippen LogP contribution in [0.25, 0.3) is 0 Å². The van der Waals surface area contributed by atoms with Gasteiger partial charge in [0.2, 0.25) is 5.91 Å². The Morgan fingerprint density at radius 1 is 1.44 bits per heavy atom. The molecule has 0 spiro atoms. The molecule has 0 radical (unpaired) electrons. The Morgan fingerprint density at radius 2 is 2.28 bits per heavy atom. The van der Waals surface area contributed by atoms with Gasteiger partial charge >= 0.3 is 0 Å². The second kappa shape index (κ2) is 5.34. The fourth-order valence-corrected chi connectivity index (χ4v) is 2.23. The summed E-state index contributed by atoms with van der Waals surface area (Å²) < 4.78 is 0. The largest absolute Gasteiger partial charge is 0.399 e. The first kappa shape index (κ1) is 12.1. The highest BCUT2D eigenvalue weighted by molar-refractivity contribution is 7.10. The Kier molecular flexibility index (Phi) is 3.60. The zero-order valence-electron chi connectivity index (χ0n) is 9.51. The van der Waals surface area contributed by atoms with Gasteiger partial charge in [-0.25, -0.2) is 0 Å². The van der Waals surface area contributed by atoms with Crippen molar-refractivity contribution in [2.75, 3.05) is 11.1 Å². The van der Waals surface area contributed by atoms with E-state index in [0.717, 1.165) is 4.88 Å². The van der Waals surface area contributed by atoms with Gasteiger partial charge in [0.15, 0.2) is 0 Å². The molecule has 0 aliphatic heterocycles. The Morgan fingerprint density at radius 3 is 2.94 bits per heavy atom. The molecule has 1 amide bonds. The van der Waals surface area contributed by atoms with Gasteiger partial charge in [-0.15, -0.1) is 11.3 Å². The van der Waals surface area contributed by atoms with Crippen LogP contribution >= 0.6 is 11.3 Å². The number of rotatable bonds is 3. The summed E-state index contributed by atoms with van der Waals surface area (Å²) in [6.45, 7) is 0. The van der Waals surface area contributed by atoms with Crippen molar-refractivity contribution in [3.8, 4) is 6.07 Å². The predicted molar refractivity (Wildman–Crippen MR) is 72.2 cm³/mol. The Bertz CT molecular complexity index is 599. The molecule has 0 saturated carbocycles. The minimum atomic E-state index is -0.140. The average Bonchev–Trinajstić information content (AvgIpc) is 2.84. The van der Waals surface area contributed by atoms with E-state index in [1.807, 2.05) is 23.6 Å². The van der Waals surface area contributed by atoms with Crippen molar-refractivity contribution in [2.24, 2.45) is 0 Å². The number of hydrogen-bond donors (Lipinski definition) is 2. The molecule has 5 heteroatoms. The second-order valence-electron chi connectivity index (χ2n) is 3.72. The van der Waals surface area contributed by atoms with Crippen LogP contribution in [0, 0.1) is 11.3 Å². The monoisotopic (exact) mass is 257 g/mol. The molecule has 0 saturated heterocycles. The first-order chi connectivity index (χ1) is 8.69. The molecular formula is C13H11N3OS. The molecule has 18 heavy (non-hydrogen) atoms. The van der Waals surface area contributed by atoms with E-state index in [4.69, 9.17) is 11.0 Å². The van der Waals surface area contributed by atoms with Crippen molar-refractivity contribution in [2.45, 2.75) is 6.42 Å². The van der Waals surface area contributed by atoms with Crippen molar-refractivity contribution >= 4 is 28.6 Å². The molecular weight excluding hydrogens is 246 g/mol. The lowest BCUT2D eigenvalue weighted by Crippen LogP contribution is -2.14. The molecule has 2 aromatic rings. The highest BCUT2D eigenvalue weighted by Gasteiger charge is 2.08. The fraction of sp³-hybridized carbons (Fsp3) is 0.0769. The topological polar surface area (TPSA) is 78.9 Å². The number of nitrogen functional groups attached to an aromatic ring is 1. The first-order valence-corrected chi connectivity index (χ1v) is 6.19. The van der Waals surface area contributed by atoms with Crippen molar-refractivity contribution in [1.29, 1.82) is 5.26 Å². The van der Waals surface area contributed by atoms with Crippen molar-refractivity contribution in [3.63, 3.8) is 0 Å². The van der Waals surface area contributed by atoms with E-state index < -0.39 is 0 Å². The van der Waals surface area contributed by atoms with E-state index in [9.17, 15) is 4.79 Å². The number of carbonyl (C=O) groups excluding carboxylic acids is 1. The number of benzene rings is 1. The molecule has 1 heterocycles. The van der Waals surface area contributed by atoms with E-state index >= 15 is 0 Å². The Labute approximate surface area is 109 Å². The first-order valence-electron chi connectivity index (χ1n) is 5.31. The molecule has 0 unspecified atom stereocenters. The molecule has 1 aromatic carbocycles. The van der Waals surface area contributed by atoms with Crippen LogP contribution in [-0.4, -0.2) is 5.91 Å². The molecule has 0 bridgehead atoms. The third kappa shape index (κ3) is 2.87. The van der Waals surface area contributed by atoms with Crippen molar-refractivity contribution < 1.29 is 4.79 Å². The Balaban J connectivity index is 2.10. The number of hydrogen-bond acceptors (Lipinski definition) is 4. The summed E-state index contributed by atoms with van der Waals surface area (Å²) >= 11 is 1.53. The highest BCUT2D eigenvalue weighted by Crippen LogP contribution is 2.18. The van der Waals surface area contributed by atoms with E-state index in [0.29, 0.717) is 23.4 Å². The van der Waals surface area contributed by atoms with E-state index in [1.165, 1.54) is 11.3 Å². The van der Waals surface area contributed by atoms with Crippen LogP contribution in [0.2, 0.25) is 0 Å². The standard InChI is InChI=1S/C13H11N3OS/c14-8-9-6-10(15)3-4-12(9)16-13(17)7-11-2-1-5-18-11/h1-6H,7,15H2,(H,16,17). The van der Waals surface area contributed by atoms with Gasteiger partial charge in [0, 0.05) is 10.6 Å². The third-order valence-corrected chi connectivity index (χ3v) is 3.23. The molecule has 1 aromatic heterocycles. The maximum absolute atomic E-state index is 11.8. The Hall–Kier alpha value is -2.32. The summed E-state index contributed by atoms with van der Waals surface area (Å²) in [7, 11) is 0. The van der Waals surface area contributed by atoms with E-state index in [2.05, 4.69) is 5.32 Å². The highest BCUT2D eigenvalue weighted by atomic mass is 32.1. The molecule has 90 valence electrons. The molecule has 0 aliphatic carbocycles.